The molecule has 3 rings (SSSR count). The molecule has 10 heteroatoms. The number of phenolic OH excluding ortho intramolecular Hbond substituents is 2. The quantitative estimate of drug-likeness (QED) is 0.369. The second-order valence-corrected chi connectivity index (χ2v) is 7.93. The maximum atomic E-state index is 12.6. The van der Waals surface area contributed by atoms with E-state index in [1.807, 2.05) is 0 Å². The predicted octanol–water partition coefficient (Wildman–Crippen LogP) is 2.54. The van der Waals surface area contributed by atoms with Crippen LogP contribution in [0.4, 0.5) is 0 Å². The van der Waals surface area contributed by atoms with Crippen molar-refractivity contribution in [3.8, 4) is 23.0 Å². The molecule has 0 bridgehead atoms. The Labute approximate surface area is 160 Å². The molecule has 136 valence electrons. The number of carbonyl (C=O) groups is 2. The van der Waals surface area contributed by atoms with Gasteiger partial charge in [0, 0.05) is 11.1 Å². The van der Waals surface area contributed by atoms with Gasteiger partial charge in [-0.1, -0.05) is 34.8 Å². The van der Waals surface area contributed by atoms with E-state index in [1.165, 1.54) is 7.11 Å². The molecule has 26 heavy (non-hydrogen) atoms. The lowest BCUT2D eigenvalue weighted by Gasteiger charge is -2.18. The Hall–Kier alpha value is -2.22. The number of halogens is 3. The number of aromatic hydroxyl groups is 3. The van der Waals surface area contributed by atoms with Crippen molar-refractivity contribution < 1.29 is 29.6 Å². The average molecular weight is 420 g/mol. The van der Waals surface area contributed by atoms with Crippen LogP contribution < -0.4 is 10.2 Å². The zero-order valence-electron chi connectivity index (χ0n) is 12.8. The number of ketones is 2. The summed E-state index contributed by atoms with van der Waals surface area (Å²) in [5.41, 5.74) is -1.94. The highest BCUT2D eigenvalue weighted by Crippen LogP contribution is 2.50. The molecule has 0 aromatic heterocycles. The third-order valence-corrected chi connectivity index (χ3v) is 4.78. The number of methoxy groups -OCH3 is 1. The van der Waals surface area contributed by atoms with Crippen molar-refractivity contribution >= 4 is 57.1 Å². The molecule has 1 unspecified atom stereocenters. The Bertz CT molecular complexity index is 1060. The minimum atomic E-state index is -2.30. The zero-order valence-corrected chi connectivity index (χ0v) is 15.1. The summed E-state index contributed by atoms with van der Waals surface area (Å²) in [6.07, 6.45) is 0. The fourth-order valence-corrected chi connectivity index (χ4v) is 3.58. The third-order valence-electron chi connectivity index (χ3n) is 4.12. The lowest BCUT2D eigenvalue weighted by molar-refractivity contribution is -0.115. The third kappa shape index (κ3) is 2.46. The van der Waals surface area contributed by atoms with Crippen LogP contribution in [-0.2, 0) is 4.79 Å². The van der Waals surface area contributed by atoms with Crippen LogP contribution in [0.15, 0.2) is 16.9 Å². The summed E-state index contributed by atoms with van der Waals surface area (Å²) < 4.78 is 2.59. The van der Waals surface area contributed by atoms with E-state index in [-0.39, 0.29) is 16.7 Å². The van der Waals surface area contributed by atoms with Gasteiger partial charge in [-0.25, -0.2) is 0 Å². The lowest BCUT2D eigenvalue weighted by atomic mass is 10.0. The number of rotatable bonds is 1. The van der Waals surface area contributed by atoms with Gasteiger partial charge in [-0.15, -0.1) is 0 Å². The molecule has 2 aromatic rings. The lowest BCUT2D eigenvalue weighted by Crippen LogP contribution is -2.25. The van der Waals surface area contributed by atoms with E-state index in [1.54, 1.807) is 0 Å². The number of phenols is 2. The molecule has 1 aliphatic rings. The van der Waals surface area contributed by atoms with Gasteiger partial charge in [-0.2, -0.15) is 0 Å². The van der Waals surface area contributed by atoms with E-state index in [4.69, 9.17) is 39.5 Å². The van der Waals surface area contributed by atoms with Gasteiger partial charge >= 0.3 is 0 Å². The smallest absolute Gasteiger partial charge is 0.232 e. The average Bonchev–Trinajstić information content (AvgIpc) is 2.75. The first kappa shape index (κ1) is 18.6. The Kier molecular flexibility index (Phi) is 4.22. The number of hydrogen-bond acceptors (Lipinski definition) is 7. The van der Waals surface area contributed by atoms with Gasteiger partial charge in [-0.05, 0) is 17.5 Å². The van der Waals surface area contributed by atoms with Crippen molar-refractivity contribution in [2.24, 2.45) is 0 Å². The minimum absolute atomic E-state index is 0.0650. The summed E-state index contributed by atoms with van der Waals surface area (Å²) in [4.78, 5) is 37.2. The Morgan fingerprint density at radius 1 is 1.00 bits per heavy atom. The van der Waals surface area contributed by atoms with Crippen molar-refractivity contribution in [1.82, 2.24) is 0 Å². The standard InChI is InChI=1S/C16H9Cl3O7/c1-26-6-3-4-2-5-8(9(16(17,18)19)15(25)10(5)20)14(24)13(23)7(4)12(22)11(6)21/h2-3,9,21-22H,1H3,(H,23,24). The van der Waals surface area contributed by atoms with Gasteiger partial charge < -0.3 is 20.1 Å². The van der Waals surface area contributed by atoms with E-state index >= 15 is 0 Å². The van der Waals surface area contributed by atoms with Gasteiger partial charge in [0.1, 0.15) is 5.92 Å². The van der Waals surface area contributed by atoms with E-state index < -0.39 is 54.9 Å². The zero-order chi connectivity index (χ0) is 19.5. The molecule has 0 heterocycles. The van der Waals surface area contributed by atoms with Crippen LogP contribution in [0.2, 0.25) is 0 Å². The minimum Gasteiger partial charge on any atom is -0.504 e. The number of Topliss-reactive ketones (excluding diaryl/α,β-unsaturated/α-hetero) is 2. The first-order valence-electron chi connectivity index (χ1n) is 6.98. The first-order valence-corrected chi connectivity index (χ1v) is 8.12. The maximum Gasteiger partial charge on any atom is 0.232 e. The number of benzene rings is 1. The molecule has 0 fully saturated rings. The van der Waals surface area contributed by atoms with Gasteiger partial charge in [0.05, 0.1) is 12.5 Å². The van der Waals surface area contributed by atoms with Crippen LogP contribution in [0.3, 0.4) is 0 Å². The van der Waals surface area contributed by atoms with Gasteiger partial charge in [0.25, 0.3) is 0 Å². The monoisotopic (exact) mass is 418 g/mol. The van der Waals surface area contributed by atoms with Crippen molar-refractivity contribution in [1.29, 1.82) is 0 Å². The first-order chi connectivity index (χ1) is 12.0. The normalized spacial score (nSPS) is 16.8. The molecule has 1 atom stereocenters. The van der Waals surface area contributed by atoms with Crippen LogP contribution in [0.25, 0.3) is 10.8 Å². The molecule has 0 radical (unpaired) electrons. The SMILES string of the molecule is COc1cc2cc3c(c(O)c(=O)c2c(O)c1O)C(C(Cl)(Cl)Cl)C(=O)C3=O. The van der Waals surface area contributed by atoms with Crippen molar-refractivity contribution in [3.63, 3.8) is 0 Å². The number of ether oxygens (including phenoxy) is 1. The fourth-order valence-electron chi connectivity index (χ4n) is 2.95. The summed E-state index contributed by atoms with van der Waals surface area (Å²) in [7, 11) is 1.21. The molecule has 0 spiro atoms. The molecule has 0 amide bonds. The van der Waals surface area contributed by atoms with Gasteiger partial charge in [-0.3, -0.25) is 14.4 Å². The highest BCUT2D eigenvalue weighted by Gasteiger charge is 2.51. The Morgan fingerprint density at radius 2 is 1.62 bits per heavy atom. The Balaban J connectivity index is 2.57. The molecular weight excluding hydrogens is 411 g/mol. The second-order valence-electron chi connectivity index (χ2n) is 5.56. The molecule has 0 saturated carbocycles. The molecule has 0 aliphatic heterocycles. The molecule has 7 nitrogen and oxygen atoms in total. The summed E-state index contributed by atoms with van der Waals surface area (Å²) in [5.74, 6) is -6.67. The summed E-state index contributed by atoms with van der Waals surface area (Å²) in [5, 5.41) is 29.8. The number of carbonyl (C=O) groups excluding carboxylic acids is 2. The summed E-state index contributed by atoms with van der Waals surface area (Å²) in [6, 6.07) is 2.25. The molecule has 3 N–H and O–H groups in total. The summed E-state index contributed by atoms with van der Waals surface area (Å²) in [6.45, 7) is 0. The molecule has 1 aliphatic carbocycles. The van der Waals surface area contributed by atoms with E-state index in [2.05, 4.69) is 0 Å². The van der Waals surface area contributed by atoms with Crippen LogP contribution >= 0.6 is 34.8 Å². The fraction of sp³-hybridized carbons (Fsp3) is 0.188. The Morgan fingerprint density at radius 3 is 2.15 bits per heavy atom. The van der Waals surface area contributed by atoms with E-state index in [0.717, 1.165) is 12.1 Å². The van der Waals surface area contributed by atoms with Crippen molar-refractivity contribution in [3.05, 3.63) is 33.5 Å². The molecule has 2 aromatic carbocycles. The summed E-state index contributed by atoms with van der Waals surface area (Å²) >= 11 is 17.3. The van der Waals surface area contributed by atoms with E-state index in [0.29, 0.717) is 0 Å². The van der Waals surface area contributed by atoms with Crippen LogP contribution in [-0.4, -0.2) is 37.8 Å². The largest absolute Gasteiger partial charge is 0.504 e. The van der Waals surface area contributed by atoms with Crippen LogP contribution in [0.1, 0.15) is 21.8 Å². The molecule has 0 saturated heterocycles. The van der Waals surface area contributed by atoms with E-state index in [9.17, 15) is 29.7 Å². The highest BCUT2D eigenvalue weighted by molar-refractivity contribution is 6.71. The number of hydrogen-bond donors (Lipinski definition) is 3. The number of fused-ring (bicyclic) bond motifs is 2. The predicted molar refractivity (Wildman–Crippen MR) is 94.1 cm³/mol. The van der Waals surface area contributed by atoms with Crippen LogP contribution in [0.5, 0.6) is 23.0 Å². The maximum absolute atomic E-state index is 12.6. The van der Waals surface area contributed by atoms with Crippen molar-refractivity contribution in [2.45, 2.75) is 9.71 Å². The van der Waals surface area contributed by atoms with Crippen molar-refractivity contribution in [2.75, 3.05) is 7.11 Å². The van der Waals surface area contributed by atoms with Crippen LogP contribution in [0, 0.1) is 0 Å². The topological polar surface area (TPSA) is 121 Å². The number of alkyl halides is 3. The van der Waals surface area contributed by atoms with Gasteiger partial charge in [0.2, 0.25) is 26.5 Å². The van der Waals surface area contributed by atoms with Gasteiger partial charge in [0.15, 0.2) is 17.2 Å². The molecular formula is C16H9Cl3O7. The highest BCUT2D eigenvalue weighted by atomic mass is 35.6. The second kappa shape index (κ2) is 5.90.